The van der Waals surface area contributed by atoms with Crippen LogP contribution < -0.4 is 0 Å². The quantitative estimate of drug-likeness (QED) is 0.305. The number of halogens is 2. The number of rotatable bonds is 5. The second-order valence-corrected chi connectivity index (χ2v) is 14.3. The van der Waals surface area contributed by atoms with E-state index >= 15 is 0 Å². The summed E-state index contributed by atoms with van der Waals surface area (Å²) < 4.78 is 0. The molecule has 1 fully saturated rings. The average molecular weight is 495 g/mol. The molecule has 1 aromatic carbocycles. The number of hydrogen-bond donors (Lipinski definition) is 0. The molecule has 0 radical (unpaired) electrons. The Morgan fingerprint density at radius 3 is 2.37 bits per heavy atom. The molecule has 2 nitrogen and oxygen atoms in total. The zero-order valence-corrected chi connectivity index (χ0v) is 22.3. The van der Waals surface area contributed by atoms with E-state index in [-0.39, 0.29) is 0 Å². The summed E-state index contributed by atoms with van der Waals surface area (Å²) in [5, 5.41) is 1.52. The molecule has 1 heterocycles. The molecule has 0 aromatic heterocycles. The van der Waals surface area contributed by atoms with E-state index in [1.54, 1.807) is 6.92 Å². The molecule has 0 bridgehead atoms. The van der Waals surface area contributed by atoms with Gasteiger partial charge in [0.05, 0.1) is 0 Å². The molecule has 4 rings (SSSR count). The zero-order chi connectivity index (χ0) is 22.0. The van der Waals surface area contributed by atoms with Gasteiger partial charge in [-0.15, -0.1) is 6.54 Å². The first-order chi connectivity index (χ1) is 14.6. The number of benzene rings is 1. The predicted octanol–water partition coefficient (Wildman–Crippen LogP) is 7.55. The fraction of sp³-hybridized carbons (Fsp3) is 0.375. The van der Waals surface area contributed by atoms with E-state index in [4.69, 9.17) is 23.6 Å². The first-order valence-corrected chi connectivity index (χ1v) is 17.8. The zero-order valence-electron chi connectivity index (χ0n) is 18.2. The van der Waals surface area contributed by atoms with Crippen LogP contribution in [0.2, 0.25) is 13.1 Å². The molecule has 1 aliphatic heterocycles. The Kier molecular flexibility index (Phi) is 11.2. The number of fused-ring (bicyclic) bond motifs is 1. The van der Waals surface area contributed by atoms with Crippen molar-refractivity contribution in [3.63, 3.8) is 0 Å². The van der Waals surface area contributed by atoms with Crippen molar-refractivity contribution in [2.24, 2.45) is 5.92 Å². The Balaban J connectivity index is 0.000000590. The Bertz CT molecular complexity index is 782. The van der Waals surface area contributed by atoms with Gasteiger partial charge in [0.15, 0.2) is 0 Å². The van der Waals surface area contributed by atoms with E-state index in [1.165, 1.54) is 48.0 Å². The monoisotopic (exact) mass is 494 g/mol. The normalized spacial score (nSPS) is 19.5. The summed E-state index contributed by atoms with van der Waals surface area (Å²) >= 11 is -0.556. The van der Waals surface area contributed by atoms with Crippen LogP contribution in [0.1, 0.15) is 25.3 Å². The van der Waals surface area contributed by atoms with Gasteiger partial charge in [-0.2, -0.15) is 6.92 Å². The van der Waals surface area contributed by atoms with Crippen LogP contribution in [0.5, 0.6) is 0 Å². The van der Waals surface area contributed by atoms with Gasteiger partial charge in [-0.1, -0.05) is 78.5 Å². The molecule has 6 heteroatoms. The van der Waals surface area contributed by atoms with Gasteiger partial charge < -0.3 is 16.8 Å². The molecule has 2 aliphatic carbocycles. The fourth-order valence-corrected chi connectivity index (χ4v) is 6.32. The molecule has 30 heavy (non-hydrogen) atoms. The van der Waals surface area contributed by atoms with Crippen LogP contribution in [0.4, 0.5) is 0 Å². The fourth-order valence-electron chi connectivity index (χ4n) is 4.13. The molecule has 1 aromatic rings. The van der Waals surface area contributed by atoms with E-state index in [0.29, 0.717) is 5.92 Å². The minimum atomic E-state index is -1.84. The maximum atomic E-state index is 5.22. The van der Waals surface area contributed by atoms with Crippen molar-refractivity contribution in [1.29, 1.82) is 0 Å². The number of nitrogens with zero attached hydrogens (tertiary/aromatic N) is 2. The Hall–Kier alpha value is -0.549. The number of hydrogen-bond acceptors (Lipinski definition) is 1. The summed E-state index contributed by atoms with van der Waals surface area (Å²) in [6, 6.07) is 10.6. The Morgan fingerprint density at radius 2 is 1.73 bits per heavy atom. The van der Waals surface area contributed by atoms with Crippen LogP contribution in [0.25, 0.3) is 4.98 Å². The van der Waals surface area contributed by atoms with Crippen molar-refractivity contribution in [3.8, 4) is 0 Å². The van der Waals surface area contributed by atoms with Crippen LogP contribution in [0, 0.1) is 12.8 Å². The van der Waals surface area contributed by atoms with Crippen molar-refractivity contribution in [3.05, 3.63) is 94.6 Å². The van der Waals surface area contributed by atoms with Gasteiger partial charge in [0.25, 0.3) is 0 Å². The third-order valence-corrected chi connectivity index (χ3v) is 8.28. The molecule has 0 spiro atoms. The van der Waals surface area contributed by atoms with Crippen LogP contribution in [0.3, 0.4) is 0 Å². The Morgan fingerprint density at radius 1 is 1.10 bits per heavy atom. The van der Waals surface area contributed by atoms with Gasteiger partial charge in [-0.3, -0.25) is 0 Å². The van der Waals surface area contributed by atoms with Crippen LogP contribution in [-0.4, -0.2) is 26.2 Å². The molecular weight excluding hydrogens is 463 g/mol. The molecular formula is C24H32Cl2N2SiTi-2. The maximum absolute atomic E-state index is 5.22. The van der Waals surface area contributed by atoms with Gasteiger partial charge >= 0.3 is 35.6 Å². The van der Waals surface area contributed by atoms with E-state index < -0.39 is 25.3 Å². The van der Waals surface area contributed by atoms with E-state index in [2.05, 4.69) is 85.6 Å². The summed E-state index contributed by atoms with van der Waals surface area (Å²) in [7, 11) is 7.94. The van der Waals surface area contributed by atoms with Crippen LogP contribution >= 0.6 is 18.6 Å². The minimum absolute atomic E-state index is 0.455. The third-order valence-electron chi connectivity index (χ3n) is 5.58. The van der Waals surface area contributed by atoms with Gasteiger partial charge in [-0.05, 0) is 32.7 Å². The SMILES string of the molecule is C[Si](C)([N-]Cc1ccccc1)C1=C2C=CC=CC2C(N2CCCC2)=C1.[CH2-]C.[Cl][Ti][Cl]. The summed E-state index contributed by atoms with van der Waals surface area (Å²) in [5.74, 6) is 0.455. The van der Waals surface area contributed by atoms with Crippen molar-refractivity contribution in [2.45, 2.75) is 39.4 Å². The molecule has 1 unspecified atom stereocenters. The summed E-state index contributed by atoms with van der Waals surface area (Å²) in [6.45, 7) is 13.0. The second kappa shape index (κ2) is 13.1. The molecule has 3 aliphatic rings. The van der Waals surface area contributed by atoms with Crippen molar-refractivity contribution in [1.82, 2.24) is 4.90 Å². The Labute approximate surface area is 200 Å². The van der Waals surface area contributed by atoms with Gasteiger partial charge in [-0.25, -0.2) is 0 Å². The van der Waals surface area contributed by atoms with Gasteiger partial charge in [0.2, 0.25) is 0 Å². The second-order valence-electron chi connectivity index (χ2n) is 7.79. The first kappa shape index (κ1) is 25.7. The average Bonchev–Trinajstić information content (AvgIpc) is 3.43. The van der Waals surface area contributed by atoms with E-state index in [0.717, 1.165) is 6.54 Å². The first-order valence-electron chi connectivity index (χ1n) is 10.5. The molecule has 0 saturated carbocycles. The van der Waals surface area contributed by atoms with E-state index in [9.17, 15) is 0 Å². The van der Waals surface area contributed by atoms with Crippen molar-refractivity contribution >= 4 is 26.8 Å². The van der Waals surface area contributed by atoms with Gasteiger partial charge in [0, 0.05) is 24.7 Å². The van der Waals surface area contributed by atoms with Crippen molar-refractivity contribution < 1.29 is 17.0 Å². The topological polar surface area (TPSA) is 17.3 Å². The third kappa shape index (κ3) is 6.72. The van der Waals surface area contributed by atoms with E-state index in [1.807, 2.05) is 0 Å². The standard InChI is InChI=1S/C22H27N2Si.C2H5.2ClH.Ti/c1-25(2,23-17-18-10-4-3-5-11-18)22-16-21(24-14-8-9-15-24)19-12-6-7-13-20(19)22;1-2;;;/h3-7,10-13,16,19H,8-9,14-15,17H2,1-2H3;1H2,2H3;2*1H;/q2*-1;;;+2/p-2. The summed E-state index contributed by atoms with van der Waals surface area (Å²) in [4.78, 5) is 7.82. The molecule has 0 amide bonds. The van der Waals surface area contributed by atoms with Gasteiger partial charge in [0.1, 0.15) is 0 Å². The molecule has 0 N–H and O–H groups in total. The number of likely N-dealkylation sites (tertiary alicyclic amines) is 1. The van der Waals surface area contributed by atoms with Crippen LogP contribution in [-0.2, 0) is 23.6 Å². The molecule has 1 saturated heterocycles. The summed E-state index contributed by atoms with van der Waals surface area (Å²) in [5.41, 5.74) is 4.32. The van der Waals surface area contributed by atoms with Crippen LogP contribution in [0.15, 0.2) is 77.2 Å². The van der Waals surface area contributed by atoms with Crippen molar-refractivity contribution in [2.75, 3.05) is 13.1 Å². The summed E-state index contributed by atoms with van der Waals surface area (Å²) in [6.07, 6.45) is 14.2. The molecule has 1 atom stereocenters. The predicted molar refractivity (Wildman–Crippen MR) is 131 cm³/mol. The number of allylic oxidation sites excluding steroid dienone is 6. The molecule has 162 valence electrons.